The average molecular weight is 372 g/mol. The maximum atomic E-state index is 12.3. The van der Waals surface area contributed by atoms with Gasteiger partial charge in [0, 0.05) is 17.3 Å². The molecule has 3 aromatic carbocycles. The van der Waals surface area contributed by atoms with Crippen molar-refractivity contribution in [2.24, 2.45) is 4.99 Å². The molecule has 0 radical (unpaired) electrons. The van der Waals surface area contributed by atoms with E-state index in [-0.39, 0.29) is 0 Å². The molecule has 7 heteroatoms. The lowest BCUT2D eigenvalue weighted by Gasteiger charge is -2.14. The zero-order valence-electron chi connectivity index (χ0n) is 14.4. The van der Waals surface area contributed by atoms with Gasteiger partial charge in [0.25, 0.3) is 0 Å². The van der Waals surface area contributed by atoms with E-state index in [1.807, 2.05) is 12.1 Å². The van der Waals surface area contributed by atoms with Crippen molar-refractivity contribution in [3.63, 3.8) is 0 Å². The molecule has 1 aliphatic heterocycles. The van der Waals surface area contributed by atoms with Crippen LogP contribution >= 0.6 is 0 Å². The monoisotopic (exact) mass is 372 g/mol. The van der Waals surface area contributed by atoms with Crippen molar-refractivity contribution in [3.8, 4) is 0 Å². The van der Waals surface area contributed by atoms with Gasteiger partial charge in [-0.15, -0.1) is 0 Å². The Balaban J connectivity index is 1.97. The first kappa shape index (κ1) is 15.1. The number of fused-ring (bicyclic) bond motifs is 8. The van der Waals surface area contributed by atoms with Gasteiger partial charge in [-0.3, -0.25) is 4.99 Å². The van der Waals surface area contributed by atoms with Gasteiger partial charge in [-0.1, -0.05) is 24.3 Å². The standard InChI is InChI=1S/C21H12N2O5/c24-21(25)23-13-5-1-2-6-14(13)26-18-11-9-22-10-12(11)19-20(17(18)23)28-16-8-4-3-7-15(16)27-19/h1-8,10H,9H2,(H,24,25). The second-order valence-corrected chi connectivity index (χ2v) is 6.54. The number of carboxylic acid groups (broad SMARTS) is 1. The van der Waals surface area contributed by atoms with Gasteiger partial charge in [-0.2, -0.15) is 0 Å². The Morgan fingerprint density at radius 1 is 0.893 bits per heavy atom. The number of carbonyl (C=O) groups is 1. The minimum atomic E-state index is -1.14. The third kappa shape index (κ3) is 1.87. The van der Waals surface area contributed by atoms with E-state index in [0.717, 1.165) is 11.1 Å². The van der Waals surface area contributed by atoms with Crippen molar-refractivity contribution in [1.29, 1.82) is 0 Å². The SMILES string of the molecule is O=C(O)n1c2ccccc2oc2c3c(c4oc5ccccc5oc4c21)C=NC3. The van der Waals surface area contributed by atoms with Crippen LogP contribution in [0, 0.1) is 0 Å². The third-order valence-electron chi connectivity index (χ3n) is 4.96. The van der Waals surface area contributed by atoms with Gasteiger partial charge in [0.05, 0.1) is 12.1 Å². The summed E-state index contributed by atoms with van der Waals surface area (Å²) in [4.78, 5) is 16.6. The summed E-state index contributed by atoms with van der Waals surface area (Å²) in [7, 11) is 0. The number of rotatable bonds is 0. The number of hydrogen-bond donors (Lipinski definition) is 1. The smallest absolute Gasteiger partial charge is 0.416 e. The summed E-state index contributed by atoms with van der Waals surface area (Å²) in [6.07, 6.45) is 0.571. The van der Waals surface area contributed by atoms with E-state index < -0.39 is 6.09 Å². The molecule has 3 heterocycles. The summed E-state index contributed by atoms with van der Waals surface area (Å²) in [5.74, 6) is 0. The van der Waals surface area contributed by atoms with Crippen LogP contribution in [0.5, 0.6) is 0 Å². The minimum Gasteiger partial charge on any atom is -0.464 e. The van der Waals surface area contributed by atoms with Gasteiger partial charge in [0.15, 0.2) is 33.5 Å². The number of hydrogen-bond acceptors (Lipinski definition) is 5. The number of nitrogens with zero attached hydrogens (tertiary/aromatic N) is 2. The number of benzene rings is 3. The molecule has 0 aliphatic carbocycles. The molecule has 0 amide bonds. The van der Waals surface area contributed by atoms with E-state index in [9.17, 15) is 9.90 Å². The Bertz CT molecular complexity index is 1520. The highest BCUT2D eigenvalue weighted by atomic mass is 16.4. The van der Waals surface area contributed by atoms with Crippen LogP contribution in [0.25, 0.3) is 44.5 Å². The van der Waals surface area contributed by atoms with Crippen molar-refractivity contribution >= 4 is 56.8 Å². The van der Waals surface area contributed by atoms with Gasteiger partial charge in [-0.05, 0) is 24.3 Å². The van der Waals surface area contributed by atoms with Crippen LogP contribution in [0.15, 0.2) is 66.8 Å². The summed E-state index contributed by atoms with van der Waals surface area (Å²) >= 11 is 0. The minimum absolute atomic E-state index is 0.303. The van der Waals surface area contributed by atoms with E-state index in [0.29, 0.717) is 51.1 Å². The van der Waals surface area contributed by atoms with Crippen molar-refractivity contribution in [1.82, 2.24) is 4.57 Å². The molecule has 0 saturated heterocycles. The van der Waals surface area contributed by atoms with Crippen molar-refractivity contribution < 1.29 is 23.2 Å². The molecule has 136 valence electrons. The Labute approximate surface area is 156 Å². The Morgan fingerprint density at radius 2 is 1.54 bits per heavy atom. The highest BCUT2D eigenvalue weighted by Gasteiger charge is 2.26. The first-order chi connectivity index (χ1) is 13.7. The molecule has 28 heavy (non-hydrogen) atoms. The molecule has 0 bridgehead atoms. The number of aromatic nitrogens is 1. The predicted molar refractivity (Wildman–Crippen MR) is 104 cm³/mol. The Morgan fingerprint density at radius 3 is 2.29 bits per heavy atom. The van der Waals surface area contributed by atoms with Gasteiger partial charge >= 0.3 is 6.09 Å². The second kappa shape index (κ2) is 5.26. The molecule has 0 atom stereocenters. The van der Waals surface area contributed by atoms with Crippen LogP contribution in [0.1, 0.15) is 11.1 Å². The molecular weight excluding hydrogens is 360 g/mol. The van der Waals surface area contributed by atoms with Crippen molar-refractivity contribution in [2.45, 2.75) is 6.54 Å². The lowest BCUT2D eigenvalue weighted by molar-refractivity contribution is 0.198. The fourth-order valence-corrected chi connectivity index (χ4v) is 3.76. The van der Waals surface area contributed by atoms with E-state index in [1.54, 1.807) is 42.6 Å². The predicted octanol–water partition coefficient (Wildman–Crippen LogP) is 5.46. The van der Waals surface area contributed by atoms with Crippen molar-refractivity contribution in [3.05, 3.63) is 59.7 Å². The number of aliphatic imine (C=N–C) groups is 1. The van der Waals surface area contributed by atoms with E-state index in [2.05, 4.69) is 4.99 Å². The summed E-state index contributed by atoms with van der Waals surface area (Å²) in [6, 6.07) is 14.2. The molecule has 5 aromatic rings. The summed E-state index contributed by atoms with van der Waals surface area (Å²) in [5.41, 5.74) is 4.96. The first-order valence-corrected chi connectivity index (χ1v) is 8.69. The van der Waals surface area contributed by atoms with Gasteiger partial charge in [-0.25, -0.2) is 9.36 Å². The van der Waals surface area contributed by atoms with E-state index in [1.165, 1.54) is 4.57 Å². The fourth-order valence-electron chi connectivity index (χ4n) is 3.76. The summed E-state index contributed by atoms with van der Waals surface area (Å²) in [5, 5.41) is 10.0. The van der Waals surface area contributed by atoms with E-state index >= 15 is 0 Å². The summed E-state index contributed by atoms with van der Waals surface area (Å²) < 4.78 is 19.6. The highest BCUT2D eigenvalue weighted by molar-refractivity contribution is 6.13. The lowest BCUT2D eigenvalue weighted by atomic mass is 10.1. The van der Waals surface area contributed by atoms with Gasteiger partial charge < -0.3 is 18.4 Å². The lowest BCUT2D eigenvalue weighted by Crippen LogP contribution is -2.12. The van der Waals surface area contributed by atoms with Crippen LogP contribution in [-0.4, -0.2) is 22.0 Å². The first-order valence-electron chi connectivity index (χ1n) is 8.69. The maximum Gasteiger partial charge on any atom is 0.416 e. The van der Waals surface area contributed by atoms with Crippen LogP contribution in [0.3, 0.4) is 0 Å². The highest BCUT2D eigenvalue weighted by Crippen LogP contribution is 2.38. The average Bonchev–Trinajstić information content (AvgIpc) is 3.21. The van der Waals surface area contributed by atoms with E-state index in [4.69, 9.17) is 13.3 Å². The molecule has 2 aromatic heterocycles. The molecule has 6 rings (SSSR count). The largest absolute Gasteiger partial charge is 0.464 e. The molecule has 7 nitrogen and oxygen atoms in total. The molecule has 0 fully saturated rings. The van der Waals surface area contributed by atoms with Gasteiger partial charge in [0.2, 0.25) is 0 Å². The zero-order valence-corrected chi connectivity index (χ0v) is 14.4. The topological polar surface area (TPSA) is 94.0 Å². The molecule has 1 N–H and O–H groups in total. The molecule has 0 spiro atoms. The maximum absolute atomic E-state index is 12.3. The van der Waals surface area contributed by atoms with Crippen molar-refractivity contribution in [2.75, 3.05) is 0 Å². The second-order valence-electron chi connectivity index (χ2n) is 6.54. The van der Waals surface area contributed by atoms with Crippen LogP contribution in [0.2, 0.25) is 0 Å². The van der Waals surface area contributed by atoms with Crippen LogP contribution < -0.4 is 0 Å². The molecule has 1 aliphatic rings. The van der Waals surface area contributed by atoms with Crippen LogP contribution in [0.4, 0.5) is 4.79 Å². The van der Waals surface area contributed by atoms with Gasteiger partial charge in [0.1, 0.15) is 5.52 Å². The Hall–Kier alpha value is -4.00. The Kier molecular flexibility index (Phi) is 2.84. The normalized spacial score (nSPS) is 13.0. The third-order valence-corrected chi connectivity index (χ3v) is 4.96. The quantitative estimate of drug-likeness (QED) is 0.288. The summed E-state index contributed by atoms with van der Waals surface area (Å²) in [6.45, 7) is 0.381. The molecule has 0 unspecified atom stereocenters. The fraction of sp³-hybridized carbons (Fsp3) is 0.0476. The molecular formula is C21H12N2O5. The zero-order chi connectivity index (χ0) is 18.8. The molecule has 0 saturated carbocycles. The number of para-hydroxylation sites is 4. The van der Waals surface area contributed by atoms with Crippen LogP contribution in [-0.2, 0) is 6.54 Å².